The Labute approximate surface area is 162 Å². The van der Waals surface area contributed by atoms with E-state index in [2.05, 4.69) is 4.99 Å². The monoisotopic (exact) mass is 375 g/mol. The molecule has 2 heterocycles. The molecule has 142 valence electrons. The number of rotatable bonds is 5. The van der Waals surface area contributed by atoms with E-state index in [1.807, 2.05) is 61.5 Å². The van der Waals surface area contributed by atoms with Crippen LogP contribution in [0, 0.1) is 0 Å². The van der Waals surface area contributed by atoms with Crippen LogP contribution in [0.2, 0.25) is 0 Å². The summed E-state index contributed by atoms with van der Waals surface area (Å²) < 4.78 is 8.99. The summed E-state index contributed by atoms with van der Waals surface area (Å²) >= 11 is 0. The zero-order chi connectivity index (χ0) is 19.7. The molecule has 4 rings (SSSR count). The van der Waals surface area contributed by atoms with Crippen molar-refractivity contribution in [3.63, 3.8) is 0 Å². The molecule has 0 saturated carbocycles. The number of hydrogen-bond acceptors (Lipinski definition) is 4. The quantitative estimate of drug-likeness (QED) is 0.681. The first-order chi connectivity index (χ1) is 13.6. The van der Waals surface area contributed by atoms with Crippen molar-refractivity contribution in [3.8, 4) is 11.4 Å². The van der Waals surface area contributed by atoms with E-state index < -0.39 is 0 Å². The van der Waals surface area contributed by atoms with Gasteiger partial charge < -0.3 is 4.74 Å². The first-order valence-corrected chi connectivity index (χ1v) is 9.27. The summed E-state index contributed by atoms with van der Waals surface area (Å²) in [6.45, 7) is 4.68. The molecule has 1 aliphatic heterocycles. The average Bonchev–Trinajstić information content (AvgIpc) is 3.02. The van der Waals surface area contributed by atoms with Crippen molar-refractivity contribution in [2.24, 2.45) is 4.99 Å². The number of carbonyl (C=O) groups is 1. The second kappa shape index (κ2) is 7.31. The van der Waals surface area contributed by atoms with Crippen molar-refractivity contribution >= 4 is 11.4 Å². The van der Waals surface area contributed by atoms with Crippen molar-refractivity contribution in [3.05, 3.63) is 81.5 Å². The summed E-state index contributed by atoms with van der Waals surface area (Å²) in [5, 5.41) is 0.619. The Kier molecular flexibility index (Phi) is 4.69. The van der Waals surface area contributed by atoms with E-state index in [0.29, 0.717) is 35.2 Å². The van der Waals surface area contributed by atoms with Crippen molar-refractivity contribution in [2.45, 2.75) is 27.0 Å². The van der Waals surface area contributed by atoms with Gasteiger partial charge in [-0.25, -0.2) is 9.36 Å². The second-order valence-electron chi connectivity index (χ2n) is 6.67. The van der Waals surface area contributed by atoms with E-state index in [1.165, 1.54) is 0 Å². The fraction of sp³-hybridized carbons (Fsp3) is 0.227. The highest BCUT2D eigenvalue weighted by Gasteiger charge is 2.20. The molecule has 0 aliphatic carbocycles. The molecule has 0 unspecified atom stereocenters. The van der Waals surface area contributed by atoms with E-state index >= 15 is 0 Å². The van der Waals surface area contributed by atoms with Gasteiger partial charge in [-0.3, -0.25) is 14.4 Å². The third kappa shape index (κ3) is 3.07. The Balaban J connectivity index is 1.70. The summed E-state index contributed by atoms with van der Waals surface area (Å²) in [7, 11) is 0. The Hall–Kier alpha value is -3.41. The van der Waals surface area contributed by atoms with Gasteiger partial charge in [-0.05, 0) is 43.7 Å². The Morgan fingerprint density at radius 3 is 2.43 bits per heavy atom. The van der Waals surface area contributed by atoms with Crippen LogP contribution in [0.25, 0.3) is 11.3 Å². The van der Waals surface area contributed by atoms with Gasteiger partial charge in [0.25, 0.3) is 0 Å². The number of aromatic nitrogens is 2. The summed E-state index contributed by atoms with van der Waals surface area (Å²) in [4.78, 5) is 29.4. The maximum atomic E-state index is 12.9. The molecule has 0 spiro atoms. The predicted octanol–water partition coefficient (Wildman–Crippen LogP) is 1.61. The highest BCUT2D eigenvalue weighted by Crippen LogP contribution is 2.15. The molecule has 6 nitrogen and oxygen atoms in total. The lowest BCUT2D eigenvalue weighted by molar-refractivity contribution is -0.112. The van der Waals surface area contributed by atoms with Gasteiger partial charge in [0.15, 0.2) is 11.3 Å². The molecule has 3 aromatic rings. The van der Waals surface area contributed by atoms with Gasteiger partial charge in [0.1, 0.15) is 18.9 Å². The van der Waals surface area contributed by atoms with Crippen LogP contribution >= 0.6 is 0 Å². The highest BCUT2D eigenvalue weighted by molar-refractivity contribution is 6.15. The molecule has 0 fully saturated rings. The van der Waals surface area contributed by atoms with Crippen LogP contribution in [-0.2, 0) is 17.9 Å². The number of Topliss-reactive ketones (excluding diaryl/α,β-unsaturated/α-hetero) is 1. The van der Waals surface area contributed by atoms with Crippen molar-refractivity contribution in [1.29, 1.82) is 0 Å². The number of nitrogens with zero attached hydrogens (tertiary/aromatic N) is 3. The first kappa shape index (κ1) is 18.0. The Morgan fingerprint density at radius 2 is 1.75 bits per heavy atom. The van der Waals surface area contributed by atoms with Crippen LogP contribution < -0.4 is 21.3 Å². The molecule has 0 bridgehead atoms. The summed E-state index contributed by atoms with van der Waals surface area (Å²) in [5.74, 6) is 0.677. The van der Waals surface area contributed by atoms with Crippen LogP contribution in [-0.4, -0.2) is 21.5 Å². The number of benzene rings is 2. The molecule has 2 aromatic carbocycles. The van der Waals surface area contributed by atoms with Gasteiger partial charge in [0.2, 0.25) is 0 Å². The molecule has 0 amide bonds. The molecule has 0 atom stereocenters. The molecular formula is C22H21N3O3. The molecule has 6 heteroatoms. The fourth-order valence-corrected chi connectivity index (χ4v) is 3.41. The smallest absolute Gasteiger partial charge is 0.334 e. The molecule has 1 aliphatic rings. The van der Waals surface area contributed by atoms with Gasteiger partial charge >= 0.3 is 5.69 Å². The molecule has 28 heavy (non-hydrogen) atoms. The van der Waals surface area contributed by atoms with Crippen LogP contribution in [0.15, 0.2) is 64.4 Å². The van der Waals surface area contributed by atoms with E-state index in [9.17, 15) is 9.59 Å². The first-order valence-electron chi connectivity index (χ1n) is 9.27. The molecule has 0 radical (unpaired) electrons. The van der Waals surface area contributed by atoms with Crippen LogP contribution in [0.4, 0.5) is 0 Å². The molecule has 0 saturated heterocycles. The largest absolute Gasteiger partial charge is 0.489 e. The minimum absolute atomic E-state index is 0.0449. The molecule has 1 aromatic heterocycles. The number of ether oxygens (including phenoxy) is 1. The topological polar surface area (TPSA) is 65.6 Å². The number of hydrogen-bond donors (Lipinski definition) is 0. The van der Waals surface area contributed by atoms with Gasteiger partial charge in [0, 0.05) is 12.1 Å². The summed E-state index contributed by atoms with van der Waals surface area (Å²) in [6, 6.07) is 17.3. The lowest BCUT2D eigenvalue weighted by Gasteiger charge is -2.08. The Bertz CT molecular complexity index is 1200. The van der Waals surface area contributed by atoms with Crippen LogP contribution in [0.3, 0.4) is 0 Å². The zero-order valence-electron chi connectivity index (χ0n) is 15.9. The minimum Gasteiger partial charge on any atom is -0.489 e. The van der Waals surface area contributed by atoms with E-state index in [0.717, 1.165) is 11.3 Å². The highest BCUT2D eigenvalue weighted by atomic mass is 16.5. The molecule has 0 N–H and O–H groups in total. The van der Waals surface area contributed by atoms with Crippen LogP contribution in [0.5, 0.6) is 5.75 Å². The third-order valence-electron chi connectivity index (χ3n) is 4.92. The second-order valence-corrected chi connectivity index (χ2v) is 6.67. The minimum atomic E-state index is -0.191. The standard InChI is InChI=1S/C22H21N3O3/c1-3-24-20-15(2)19(26)13-23-21(20)25(22(24)27)17-9-11-18(12-10-17)28-14-16-7-5-4-6-8-16/h4-12H,3,13-14H2,1-2H3. The average molecular weight is 375 g/mol. The summed E-state index contributed by atoms with van der Waals surface area (Å²) in [5.41, 5.74) is 2.73. The lowest BCUT2D eigenvalue weighted by Crippen LogP contribution is -2.40. The maximum absolute atomic E-state index is 12.9. The SMILES string of the molecule is CCn1c2c(n(-c3ccc(OCc4ccccc4)cc3)c1=O)=NCC(=O)C=2C. The normalized spacial score (nSPS) is 13.2. The van der Waals surface area contributed by atoms with E-state index in [-0.39, 0.29) is 18.0 Å². The summed E-state index contributed by atoms with van der Waals surface area (Å²) in [6.07, 6.45) is 0. The number of fused-ring (bicyclic) bond motifs is 1. The van der Waals surface area contributed by atoms with Crippen molar-refractivity contribution in [2.75, 3.05) is 6.54 Å². The van der Waals surface area contributed by atoms with Crippen LogP contribution in [0.1, 0.15) is 19.4 Å². The number of ketones is 1. The molecular weight excluding hydrogens is 354 g/mol. The van der Waals surface area contributed by atoms with E-state index in [1.54, 1.807) is 16.1 Å². The predicted molar refractivity (Wildman–Crippen MR) is 106 cm³/mol. The third-order valence-corrected chi connectivity index (χ3v) is 4.92. The van der Waals surface area contributed by atoms with Crippen molar-refractivity contribution < 1.29 is 9.53 Å². The Morgan fingerprint density at radius 1 is 1.04 bits per heavy atom. The lowest BCUT2D eigenvalue weighted by atomic mass is 10.1. The maximum Gasteiger partial charge on any atom is 0.334 e. The van der Waals surface area contributed by atoms with Gasteiger partial charge in [-0.15, -0.1) is 0 Å². The fourth-order valence-electron chi connectivity index (χ4n) is 3.41. The van der Waals surface area contributed by atoms with Gasteiger partial charge in [0.05, 0.1) is 11.0 Å². The zero-order valence-corrected chi connectivity index (χ0v) is 15.9. The van der Waals surface area contributed by atoms with Gasteiger partial charge in [-0.1, -0.05) is 30.3 Å². The number of carbonyl (C=O) groups excluding carboxylic acids is 1. The number of imidazole rings is 1. The van der Waals surface area contributed by atoms with Crippen molar-refractivity contribution in [1.82, 2.24) is 9.13 Å². The van der Waals surface area contributed by atoms with Gasteiger partial charge in [-0.2, -0.15) is 0 Å². The van der Waals surface area contributed by atoms with E-state index in [4.69, 9.17) is 4.74 Å².